The first-order valence-corrected chi connectivity index (χ1v) is 6.29. The van der Waals surface area contributed by atoms with Gasteiger partial charge in [-0.15, -0.1) is 0 Å². The predicted molar refractivity (Wildman–Crippen MR) is 74.9 cm³/mol. The SMILES string of the molecule is O=C(NC(Cc1ccc(O)cc1)C(=O)O)c1ccccn1. The van der Waals surface area contributed by atoms with Crippen LogP contribution in [-0.2, 0) is 11.2 Å². The monoisotopic (exact) mass is 286 g/mol. The molecule has 0 fully saturated rings. The Balaban J connectivity index is 2.07. The Morgan fingerprint density at radius 3 is 2.43 bits per heavy atom. The Hall–Kier alpha value is -2.89. The number of carbonyl (C=O) groups is 2. The van der Waals surface area contributed by atoms with Crippen molar-refractivity contribution in [3.05, 3.63) is 59.9 Å². The van der Waals surface area contributed by atoms with Gasteiger partial charge in [0.15, 0.2) is 0 Å². The van der Waals surface area contributed by atoms with Gasteiger partial charge in [-0.05, 0) is 29.8 Å². The van der Waals surface area contributed by atoms with Crippen LogP contribution in [0.1, 0.15) is 16.1 Å². The number of benzene rings is 1. The van der Waals surface area contributed by atoms with Gasteiger partial charge in [-0.25, -0.2) is 4.79 Å². The summed E-state index contributed by atoms with van der Waals surface area (Å²) in [5.41, 5.74) is 0.857. The highest BCUT2D eigenvalue weighted by molar-refractivity contribution is 5.94. The van der Waals surface area contributed by atoms with Crippen molar-refractivity contribution in [2.45, 2.75) is 12.5 Å². The Morgan fingerprint density at radius 1 is 1.14 bits per heavy atom. The number of phenols is 1. The average Bonchev–Trinajstić information content (AvgIpc) is 2.49. The van der Waals surface area contributed by atoms with E-state index < -0.39 is 17.9 Å². The van der Waals surface area contributed by atoms with Gasteiger partial charge in [0.25, 0.3) is 5.91 Å². The molecular formula is C15H14N2O4. The van der Waals surface area contributed by atoms with Crippen LogP contribution in [0.2, 0.25) is 0 Å². The summed E-state index contributed by atoms with van der Waals surface area (Å²) in [5, 5.41) is 20.8. The number of carboxylic acid groups (broad SMARTS) is 1. The van der Waals surface area contributed by atoms with Gasteiger partial charge in [0.1, 0.15) is 17.5 Å². The fourth-order valence-electron chi connectivity index (χ4n) is 1.80. The number of nitrogens with one attached hydrogen (secondary N) is 1. The normalized spacial score (nSPS) is 11.6. The number of aliphatic carboxylic acids is 1. The van der Waals surface area contributed by atoms with Crippen LogP contribution in [0.25, 0.3) is 0 Å². The smallest absolute Gasteiger partial charge is 0.326 e. The maximum absolute atomic E-state index is 11.9. The second-order valence-electron chi connectivity index (χ2n) is 4.45. The summed E-state index contributed by atoms with van der Waals surface area (Å²) in [6.07, 6.45) is 1.58. The van der Waals surface area contributed by atoms with Crippen molar-refractivity contribution in [3.63, 3.8) is 0 Å². The van der Waals surface area contributed by atoms with Crippen LogP contribution < -0.4 is 5.32 Å². The van der Waals surface area contributed by atoms with Crippen molar-refractivity contribution < 1.29 is 19.8 Å². The molecule has 0 aliphatic heterocycles. The van der Waals surface area contributed by atoms with E-state index in [2.05, 4.69) is 10.3 Å². The minimum Gasteiger partial charge on any atom is -0.508 e. The third kappa shape index (κ3) is 4.04. The number of carboxylic acids is 1. The van der Waals surface area contributed by atoms with E-state index in [1.807, 2.05) is 0 Å². The van der Waals surface area contributed by atoms with Crippen molar-refractivity contribution in [3.8, 4) is 5.75 Å². The molecule has 0 aliphatic rings. The highest BCUT2D eigenvalue weighted by Crippen LogP contribution is 2.11. The molecule has 0 saturated heterocycles. The molecule has 2 aromatic rings. The van der Waals surface area contributed by atoms with Crippen molar-refractivity contribution in [1.82, 2.24) is 10.3 Å². The molecule has 1 atom stereocenters. The molecule has 108 valence electrons. The van der Waals surface area contributed by atoms with Crippen LogP contribution in [0, 0.1) is 0 Å². The van der Waals surface area contributed by atoms with Crippen molar-refractivity contribution in [2.24, 2.45) is 0 Å². The Kier molecular flexibility index (Phi) is 4.50. The lowest BCUT2D eigenvalue weighted by atomic mass is 10.1. The number of hydrogen-bond donors (Lipinski definition) is 3. The van der Waals surface area contributed by atoms with Gasteiger partial charge >= 0.3 is 5.97 Å². The second kappa shape index (κ2) is 6.51. The fourth-order valence-corrected chi connectivity index (χ4v) is 1.80. The Morgan fingerprint density at radius 2 is 1.86 bits per heavy atom. The molecule has 1 unspecified atom stereocenters. The molecule has 6 nitrogen and oxygen atoms in total. The molecule has 0 radical (unpaired) electrons. The molecule has 0 aliphatic carbocycles. The molecule has 1 amide bonds. The zero-order valence-corrected chi connectivity index (χ0v) is 11.1. The number of aromatic hydroxyl groups is 1. The number of pyridine rings is 1. The van der Waals surface area contributed by atoms with Crippen LogP contribution in [0.4, 0.5) is 0 Å². The van der Waals surface area contributed by atoms with E-state index >= 15 is 0 Å². The standard InChI is InChI=1S/C15H14N2O4/c18-11-6-4-10(5-7-11)9-13(15(20)21)17-14(19)12-3-1-2-8-16-12/h1-8,13,18H,9H2,(H,17,19)(H,20,21). The molecular weight excluding hydrogens is 272 g/mol. The summed E-state index contributed by atoms with van der Waals surface area (Å²) in [7, 11) is 0. The first-order chi connectivity index (χ1) is 10.1. The van der Waals surface area contributed by atoms with E-state index in [9.17, 15) is 19.8 Å². The minimum absolute atomic E-state index is 0.100. The molecule has 6 heteroatoms. The van der Waals surface area contributed by atoms with Crippen LogP contribution >= 0.6 is 0 Å². The van der Waals surface area contributed by atoms with Gasteiger partial charge in [-0.3, -0.25) is 9.78 Å². The lowest BCUT2D eigenvalue weighted by molar-refractivity contribution is -0.139. The van der Waals surface area contributed by atoms with E-state index in [0.29, 0.717) is 5.56 Å². The van der Waals surface area contributed by atoms with E-state index in [1.165, 1.54) is 24.4 Å². The maximum Gasteiger partial charge on any atom is 0.326 e. The number of nitrogens with zero attached hydrogens (tertiary/aromatic N) is 1. The number of aromatic nitrogens is 1. The minimum atomic E-state index is -1.13. The highest BCUT2D eigenvalue weighted by Gasteiger charge is 2.21. The molecule has 3 N–H and O–H groups in total. The Labute approximate surface area is 121 Å². The van der Waals surface area contributed by atoms with E-state index in [-0.39, 0.29) is 17.9 Å². The predicted octanol–water partition coefficient (Wildman–Crippen LogP) is 1.21. The summed E-state index contributed by atoms with van der Waals surface area (Å²) in [5.74, 6) is -1.57. The van der Waals surface area contributed by atoms with Gasteiger partial charge in [0.2, 0.25) is 0 Å². The van der Waals surface area contributed by atoms with Gasteiger partial charge < -0.3 is 15.5 Å². The van der Waals surface area contributed by atoms with Gasteiger partial charge in [0, 0.05) is 12.6 Å². The third-order valence-electron chi connectivity index (χ3n) is 2.88. The highest BCUT2D eigenvalue weighted by atomic mass is 16.4. The summed E-state index contributed by atoms with van der Waals surface area (Å²) >= 11 is 0. The molecule has 2 rings (SSSR count). The van der Waals surface area contributed by atoms with Crippen molar-refractivity contribution in [1.29, 1.82) is 0 Å². The number of phenolic OH excluding ortho intramolecular Hbond substituents is 1. The van der Waals surface area contributed by atoms with E-state index in [0.717, 1.165) is 0 Å². The number of rotatable bonds is 5. The first-order valence-electron chi connectivity index (χ1n) is 6.29. The van der Waals surface area contributed by atoms with Gasteiger partial charge in [-0.1, -0.05) is 18.2 Å². The van der Waals surface area contributed by atoms with Crippen LogP contribution in [0.15, 0.2) is 48.7 Å². The lowest BCUT2D eigenvalue weighted by Gasteiger charge is -2.14. The van der Waals surface area contributed by atoms with Crippen LogP contribution in [0.3, 0.4) is 0 Å². The van der Waals surface area contributed by atoms with Gasteiger partial charge in [-0.2, -0.15) is 0 Å². The summed E-state index contributed by atoms with van der Waals surface area (Å²) < 4.78 is 0. The molecule has 1 heterocycles. The molecule has 0 spiro atoms. The summed E-state index contributed by atoms with van der Waals surface area (Å²) in [6, 6.07) is 9.91. The largest absolute Gasteiger partial charge is 0.508 e. The first kappa shape index (κ1) is 14.5. The topological polar surface area (TPSA) is 99.5 Å². The quantitative estimate of drug-likeness (QED) is 0.767. The van der Waals surface area contributed by atoms with Crippen molar-refractivity contribution >= 4 is 11.9 Å². The molecule has 21 heavy (non-hydrogen) atoms. The molecule has 0 bridgehead atoms. The van der Waals surface area contributed by atoms with Crippen molar-refractivity contribution in [2.75, 3.05) is 0 Å². The number of carbonyl (C=O) groups excluding carboxylic acids is 1. The third-order valence-corrected chi connectivity index (χ3v) is 2.88. The van der Waals surface area contributed by atoms with Crippen LogP contribution in [-0.4, -0.2) is 33.1 Å². The average molecular weight is 286 g/mol. The Bertz CT molecular complexity index is 626. The zero-order chi connectivity index (χ0) is 15.2. The lowest BCUT2D eigenvalue weighted by Crippen LogP contribution is -2.42. The van der Waals surface area contributed by atoms with Crippen LogP contribution in [0.5, 0.6) is 5.75 Å². The number of amides is 1. The fraction of sp³-hybridized carbons (Fsp3) is 0.133. The maximum atomic E-state index is 11.9. The molecule has 1 aromatic heterocycles. The van der Waals surface area contributed by atoms with E-state index in [1.54, 1.807) is 24.3 Å². The zero-order valence-electron chi connectivity index (χ0n) is 11.1. The molecule has 1 aromatic carbocycles. The summed E-state index contributed by atoms with van der Waals surface area (Å²) in [4.78, 5) is 27.1. The van der Waals surface area contributed by atoms with E-state index in [4.69, 9.17) is 0 Å². The molecule has 0 saturated carbocycles. The van der Waals surface area contributed by atoms with Gasteiger partial charge in [0.05, 0.1) is 0 Å². The number of hydrogen-bond acceptors (Lipinski definition) is 4. The second-order valence-corrected chi connectivity index (χ2v) is 4.45. The summed E-state index contributed by atoms with van der Waals surface area (Å²) in [6.45, 7) is 0.